The van der Waals surface area contributed by atoms with Gasteiger partial charge in [0.05, 0.1) is 29.9 Å². The fourth-order valence-electron chi connectivity index (χ4n) is 7.56. The summed E-state index contributed by atoms with van der Waals surface area (Å²) in [4.78, 5) is 36.0. The highest BCUT2D eigenvalue weighted by molar-refractivity contribution is 6.24. The molecule has 0 unspecified atom stereocenters. The summed E-state index contributed by atoms with van der Waals surface area (Å²) in [6, 6.07) is 51.1. The lowest BCUT2D eigenvalue weighted by Crippen LogP contribution is -2.07. The third-order valence-corrected chi connectivity index (χ3v) is 10.6. The van der Waals surface area contributed by atoms with Crippen molar-refractivity contribution in [2.24, 2.45) is 10.1 Å². The summed E-state index contributed by atoms with van der Waals surface area (Å²) in [6.45, 7) is 0. The van der Waals surface area contributed by atoms with Gasteiger partial charge in [0.25, 0.3) is 0 Å². The molecule has 0 N–H and O–H groups in total. The fourth-order valence-corrected chi connectivity index (χ4v) is 7.56. The maximum absolute atomic E-state index is 9.23. The smallest absolute Gasteiger partial charge is 0.177 e. The van der Waals surface area contributed by atoms with Crippen molar-refractivity contribution in [3.8, 4) is 81.7 Å². The molecule has 16 heteroatoms. The SMILES string of the molecule is COc1ccc2c(c1)-c1nc(C#N)c(C#N)nc1C2.N#Cc1nc2c(nc1C#N)-c1ccccc1C2=NOc1ccccc1.N#Cc1nc2c(nc1C#N)-c1ccccc1C2=Nc1ccccc1. The molecule has 16 nitrogen and oxygen atoms in total. The van der Waals surface area contributed by atoms with Gasteiger partial charge in [0.2, 0.25) is 0 Å². The first kappa shape index (κ1) is 42.5. The van der Waals surface area contributed by atoms with E-state index < -0.39 is 0 Å². The van der Waals surface area contributed by atoms with E-state index in [-0.39, 0.29) is 34.2 Å². The van der Waals surface area contributed by atoms with E-state index in [0.29, 0.717) is 52.1 Å². The van der Waals surface area contributed by atoms with Gasteiger partial charge in [-0.1, -0.05) is 96.2 Å². The molecule has 3 heterocycles. The van der Waals surface area contributed by atoms with Gasteiger partial charge in [-0.2, -0.15) is 31.6 Å². The number of para-hydroxylation sites is 2. The van der Waals surface area contributed by atoms with E-state index in [1.54, 1.807) is 19.2 Å². The number of aromatic nitrogens is 6. The maximum atomic E-state index is 9.23. The normalized spacial score (nSPS) is 12.4. The molecule has 5 aromatic carbocycles. The molecule has 316 valence electrons. The number of oxime groups is 1. The molecule has 0 radical (unpaired) electrons. The van der Waals surface area contributed by atoms with Crippen molar-refractivity contribution < 1.29 is 9.57 Å². The molecule has 3 aromatic heterocycles. The summed E-state index contributed by atoms with van der Waals surface area (Å²) in [6.07, 6.45) is 0.627. The van der Waals surface area contributed by atoms with Crippen molar-refractivity contribution in [2.75, 3.05) is 7.11 Å². The Morgan fingerprint density at radius 3 is 1.40 bits per heavy atom. The summed E-state index contributed by atoms with van der Waals surface area (Å²) in [5.74, 6) is 1.32. The molecular weight excluding hydrogens is 853 g/mol. The Balaban J connectivity index is 0.000000129. The van der Waals surface area contributed by atoms with Gasteiger partial charge in [0, 0.05) is 34.2 Å². The van der Waals surface area contributed by atoms with Crippen molar-refractivity contribution >= 4 is 17.1 Å². The van der Waals surface area contributed by atoms with Crippen molar-refractivity contribution in [1.82, 2.24) is 29.9 Å². The van der Waals surface area contributed by atoms with Gasteiger partial charge in [-0.25, -0.2) is 34.9 Å². The van der Waals surface area contributed by atoms with E-state index in [1.165, 1.54) is 0 Å². The average Bonchev–Trinajstić information content (AvgIpc) is 4.03. The zero-order valence-corrected chi connectivity index (χ0v) is 35.4. The summed E-state index contributed by atoms with van der Waals surface area (Å²) in [5.41, 5.74) is 11.0. The largest absolute Gasteiger partial charge is 0.497 e. The van der Waals surface area contributed by atoms with Crippen LogP contribution in [0.25, 0.3) is 33.8 Å². The van der Waals surface area contributed by atoms with Gasteiger partial charge >= 0.3 is 0 Å². The lowest BCUT2D eigenvalue weighted by Gasteiger charge is -2.04. The Morgan fingerprint density at radius 1 is 0.426 bits per heavy atom. The van der Waals surface area contributed by atoms with Crippen LogP contribution < -0.4 is 9.57 Å². The van der Waals surface area contributed by atoms with Gasteiger partial charge in [-0.05, 0) is 42.0 Å². The molecular formula is C52H26N14O2. The zero-order chi connectivity index (χ0) is 47.1. The minimum Gasteiger partial charge on any atom is -0.497 e. The molecule has 0 bridgehead atoms. The number of methoxy groups -OCH3 is 1. The zero-order valence-electron chi connectivity index (χ0n) is 35.4. The number of nitriles is 6. The highest BCUT2D eigenvalue weighted by Gasteiger charge is 2.32. The predicted octanol–water partition coefficient (Wildman–Crippen LogP) is 8.20. The van der Waals surface area contributed by atoms with Crippen LogP contribution in [0.4, 0.5) is 5.69 Å². The predicted molar refractivity (Wildman–Crippen MR) is 245 cm³/mol. The van der Waals surface area contributed by atoms with Crippen LogP contribution >= 0.6 is 0 Å². The maximum Gasteiger partial charge on any atom is 0.177 e. The van der Waals surface area contributed by atoms with E-state index in [1.807, 2.05) is 152 Å². The van der Waals surface area contributed by atoms with Gasteiger partial charge in [0.15, 0.2) is 39.9 Å². The molecule has 0 aliphatic heterocycles. The molecule has 0 atom stereocenters. The Morgan fingerprint density at radius 2 is 0.868 bits per heavy atom. The van der Waals surface area contributed by atoms with E-state index in [4.69, 9.17) is 25.1 Å². The second kappa shape index (κ2) is 18.5. The first-order chi connectivity index (χ1) is 33.4. The van der Waals surface area contributed by atoms with Crippen LogP contribution in [-0.2, 0) is 6.42 Å². The molecule has 0 fully saturated rings. The average molecular weight is 879 g/mol. The van der Waals surface area contributed by atoms with E-state index in [9.17, 15) is 21.0 Å². The monoisotopic (exact) mass is 878 g/mol. The minimum atomic E-state index is -0.0264. The molecule has 68 heavy (non-hydrogen) atoms. The topological polar surface area (TPSA) is 263 Å². The number of fused-ring (bicyclic) bond motifs is 9. The van der Waals surface area contributed by atoms with E-state index >= 15 is 0 Å². The van der Waals surface area contributed by atoms with Crippen molar-refractivity contribution in [2.45, 2.75) is 6.42 Å². The standard InChI is InChI=1S/C19H9N5O.C19H9N5.C14H8N4O/c20-10-15-16(11-21)23-19-17(22-15)13-8-4-5-9-14(13)18(19)24-25-12-6-2-1-3-7-12;20-10-15-16(11-21)24-19-17(22-12-6-2-1-3-7-12)13-8-4-5-9-14(13)18(19)23-15;1-19-9-3-2-8-4-11-14(10(8)5-9)18-13(7-16)12(6-15)17-11/h1-9H;1-9H;2-3,5H,4H2,1H3. The third kappa shape index (κ3) is 7.91. The quantitative estimate of drug-likeness (QED) is 0.151. The Kier molecular flexibility index (Phi) is 11.6. The molecule has 8 aromatic rings. The first-order valence-corrected chi connectivity index (χ1v) is 20.4. The highest BCUT2D eigenvalue weighted by atomic mass is 16.6. The minimum absolute atomic E-state index is 0.00119. The summed E-state index contributed by atoms with van der Waals surface area (Å²) in [7, 11) is 1.60. The van der Waals surface area contributed by atoms with Crippen molar-refractivity contribution in [1.29, 1.82) is 31.6 Å². The molecule has 3 aliphatic rings. The number of rotatable bonds is 4. The number of ether oxygens (including phenoxy) is 1. The van der Waals surface area contributed by atoms with Gasteiger partial charge in [-0.15, -0.1) is 0 Å². The molecule has 3 aliphatic carbocycles. The van der Waals surface area contributed by atoms with Crippen LogP contribution in [0.1, 0.15) is 67.9 Å². The summed E-state index contributed by atoms with van der Waals surface area (Å²) < 4.78 is 5.19. The summed E-state index contributed by atoms with van der Waals surface area (Å²) >= 11 is 0. The van der Waals surface area contributed by atoms with Gasteiger partial charge in [-0.3, -0.25) is 0 Å². The lowest BCUT2D eigenvalue weighted by molar-refractivity contribution is 0.342. The molecule has 0 amide bonds. The first-order valence-electron chi connectivity index (χ1n) is 20.4. The van der Waals surface area contributed by atoms with Crippen molar-refractivity contribution in [3.05, 3.63) is 195 Å². The van der Waals surface area contributed by atoms with Crippen molar-refractivity contribution in [3.63, 3.8) is 0 Å². The van der Waals surface area contributed by atoms with Crippen LogP contribution in [0.3, 0.4) is 0 Å². The lowest BCUT2D eigenvalue weighted by atomic mass is 10.1. The molecule has 0 saturated heterocycles. The summed E-state index contributed by atoms with van der Waals surface area (Å²) in [5, 5.41) is 59.0. The number of nitrogens with zero attached hydrogens (tertiary/aromatic N) is 14. The van der Waals surface area contributed by atoms with Crippen LogP contribution in [0.15, 0.2) is 138 Å². The highest BCUT2D eigenvalue weighted by Crippen LogP contribution is 2.39. The van der Waals surface area contributed by atoms with E-state index in [2.05, 4.69) is 35.1 Å². The van der Waals surface area contributed by atoms with Crippen LogP contribution in [-0.4, -0.2) is 48.4 Å². The molecule has 0 spiro atoms. The van der Waals surface area contributed by atoms with Gasteiger partial charge in [0.1, 0.15) is 70.7 Å². The molecule has 0 saturated carbocycles. The van der Waals surface area contributed by atoms with Crippen LogP contribution in [0.5, 0.6) is 11.5 Å². The Hall–Kier alpha value is -10.8. The number of hydrogen-bond acceptors (Lipinski definition) is 16. The number of aliphatic imine (C=N–C) groups is 1. The Labute approximate surface area is 387 Å². The number of benzene rings is 5. The van der Waals surface area contributed by atoms with Crippen LogP contribution in [0, 0.1) is 68.0 Å². The number of hydrogen-bond donors (Lipinski definition) is 0. The van der Waals surface area contributed by atoms with E-state index in [0.717, 1.165) is 50.5 Å². The van der Waals surface area contributed by atoms with Crippen LogP contribution in [0.2, 0.25) is 0 Å². The second-order valence-corrected chi connectivity index (χ2v) is 14.6. The third-order valence-electron chi connectivity index (χ3n) is 10.6. The molecule has 11 rings (SSSR count). The van der Waals surface area contributed by atoms with Gasteiger partial charge < -0.3 is 9.57 Å². The second-order valence-electron chi connectivity index (χ2n) is 14.6. The Bertz CT molecular complexity index is 3700. The fraction of sp³-hybridized carbons (Fsp3) is 0.0385.